The van der Waals surface area contributed by atoms with E-state index < -0.39 is 24.3 Å². The third kappa shape index (κ3) is 4.10. The van der Waals surface area contributed by atoms with Crippen LogP contribution in [0.2, 0.25) is 5.02 Å². The maximum atomic E-state index is 13.6. The minimum absolute atomic E-state index is 0.0484. The summed E-state index contributed by atoms with van der Waals surface area (Å²) in [6, 6.07) is 10.9. The Morgan fingerprint density at radius 3 is 2.84 bits per heavy atom. The van der Waals surface area contributed by atoms with E-state index in [0.717, 1.165) is 6.07 Å². The van der Waals surface area contributed by atoms with Crippen LogP contribution in [0.15, 0.2) is 42.5 Å². The number of para-hydroxylation sites is 1. The summed E-state index contributed by atoms with van der Waals surface area (Å²) in [6.45, 7) is -0.739. The highest BCUT2D eigenvalue weighted by Crippen LogP contribution is 2.18. The number of ether oxygens (including phenoxy) is 1. The zero-order valence-electron chi connectivity index (χ0n) is 12.8. The first kappa shape index (κ1) is 16.8. The van der Waals surface area contributed by atoms with Crippen molar-refractivity contribution in [1.29, 1.82) is 0 Å². The lowest BCUT2D eigenvalue weighted by atomic mass is 10.3. The van der Waals surface area contributed by atoms with Crippen LogP contribution in [0.5, 0.6) is 0 Å². The minimum Gasteiger partial charge on any atom is -0.454 e. The molecule has 0 saturated carbocycles. The van der Waals surface area contributed by atoms with E-state index >= 15 is 0 Å². The van der Waals surface area contributed by atoms with E-state index in [0.29, 0.717) is 11.0 Å². The van der Waals surface area contributed by atoms with E-state index in [1.54, 1.807) is 24.3 Å². The molecule has 0 bridgehead atoms. The molecule has 0 atom stereocenters. The van der Waals surface area contributed by atoms with Gasteiger partial charge in [-0.25, -0.2) is 9.07 Å². The van der Waals surface area contributed by atoms with Gasteiger partial charge in [-0.2, -0.15) is 0 Å². The van der Waals surface area contributed by atoms with Crippen molar-refractivity contribution >= 4 is 40.2 Å². The van der Waals surface area contributed by atoms with Gasteiger partial charge in [0.25, 0.3) is 5.91 Å². The standard InChI is InChI=1S/C16H12ClFN4O3/c17-10-5-6-12(11(18)7-10)19-15(23)9-25-16(24)8-22-14-4-2-1-3-13(14)20-21-22/h1-7H,8-9H2,(H,19,23). The van der Waals surface area contributed by atoms with Crippen LogP contribution in [0.4, 0.5) is 10.1 Å². The summed E-state index contributed by atoms with van der Waals surface area (Å²) >= 11 is 5.63. The number of carbonyl (C=O) groups is 2. The topological polar surface area (TPSA) is 86.1 Å². The molecule has 3 aromatic rings. The molecule has 2 aromatic carbocycles. The van der Waals surface area contributed by atoms with Crippen LogP contribution in [0.1, 0.15) is 0 Å². The third-order valence-electron chi connectivity index (χ3n) is 3.27. The number of nitrogens with zero attached hydrogens (tertiary/aromatic N) is 3. The Morgan fingerprint density at radius 2 is 2.04 bits per heavy atom. The average molecular weight is 363 g/mol. The van der Waals surface area contributed by atoms with E-state index in [4.69, 9.17) is 16.3 Å². The Balaban J connectivity index is 1.54. The number of aromatic nitrogens is 3. The lowest BCUT2D eigenvalue weighted by molar-refractivity contribution is -0.148. The van der Waals surface area contributed by atoms with Crippen LogP contribution in [0.25, 0.3) is 11.0 Å². The number of rotatable bonds is 5. The predicted molar refractivity (Wildman–Crippen MR) is 88.5 cm³/mol. The number of benzene rings is 2. The van der Waals surface area contributed by atoms with Crippen molar-refractivity contribution in [3.8, 4) is 0 Å². The van der Waals surface area contributed by atoms with Gasteiger partial charge in [-0.3, -0.25) is 9.59 Å². The van der Waals surface area contributed by atoms with E-state index in [1.165, 1.54) is 16.8 Å². The molecule has 1 heterocycles. The molecule has 3 rings (SSSR count). The largest absolute Gasteiger partial charge is 0.454 e. The molecule has 25 heavy (non-hydrogen) atoms. The highest BCUT2D eigenvalue weighted by molar-refractivity contribution is 6.30. The molecule has 0 aliphatic heterocycles. The summed E-state index contributed by atoms with van der Waals surface area (Å²) in [6.07, 6.45) is 0. The number of fused-ring (bicyclic) bond motifs is 1. The molecule has 0 radical (unpaired) electrons. The normalized spacial score (nSPS) is 10.6. The van der Waals surface area contributed by atoms with Crippen molar-refractivity contribution in [2.24, 2.45) is 0 Å². The first-order valence-corrected chi connectivity index (χ1v) is 7.59. The summed E-state index contributed by atoms with van der Waals surface area (Å²) in [4.78, 5) is 23.6. The fraction of sp³-hybridized carbons (Fsp3) is 0.125. The Morgan fingerprint density at radius 1 is 1.24 bits per heavy atom. The van der Waals surface area contributed by atoms with E-state index in [2.05, 4.69) is 15.6 Å². The summed E-state index contributed by atoms with van der Waals surface area (Å²) in [7, 11) is 0. The number of nitrogens with one attached hydrogen (secondary N) is 1. The maximum Gasteiger partial charge on any atom is 0.328 e. The zero-order chi connectivity index (χ0) is 17.8. The number of hydrogen-bond donors (Lipinski definition) is 1. The molecule has 7 nitrogen and oxygen atoms in total. The van der Waals surface area contributed by atoms with Gasteiger partial charge in [-0.1, -0.05) is 28.9 Å². The second-order valence-electron chi connectivity index (χ2n) is 5.07. The van der Waals surface area contributed by atoms with Crippen molar-refractivity contribution < 1.29 is 18.7 Å². The number of anilines is 1. The zero-order valence-corrected chi connectivity index (χ0v) is 13.5. The van der Waals surface area contributed by atoms with Crippen LogP contribution in [-0.2, 0) is 20.9 Å². The van der Waals surface area contributed by atoms with E-state index in [1.807, 2.05) is 0 Å². The minimum atomic E-state index is -0.679. The maximum absolute atomic E-state index is 13.6. The number of halogens is 2. The van der Waals surface area contributed by atoms with Gasteiger partial charge in [0.15, 0.2) is 6.61 Å². The van der Waals surface area contributed by atoms with Crippen LogP contribution in [0, 0.1) is 5.82 Å². The van der Waals surface area contributed by atoms with E-state index in [9.17, 15) is 14.0 Å². The number of esters is 1. The van der Waals surface area contributed by atoms with Gasteiger partial charge < -0.3 is 10.1 Å². The third-order valence-corrected chi connectivity index (χ3v) is 3.50. The number of hydrogen-bond acceptors (Lipinski definition) is 5. The fourth-order valence-electron chi connectivity index (χ4n) is 2.13. The molecular weight excluding hydrogens is 351 g/mol. The molecule has 1 N–H and O–H groups in total. The molecule has 9 heteroatoms. The van der Waals surface area contributed by atoms with Gasteiger partial charge in [0, 0.05) is 5.02 Å². The fourth-order valence-corrected chi connectivity index (χ4v) is 2.28. The van der Waals surface area contributed by atoms with Crippen LogP contribution < -0.4 is 5.32 Å². The predicted octanol–water partition coefficient (Wildman–Crippen LogP) is 2.41. The first-order chi connectivity index (χ1) is 12.0. The quantitative estimate of drug-likeness (QED) is 0.704. The Kier molecular flexibility index (Phi) is 4.90. The highest BCUT2D eigenvalue weighted by Gasteiger charge is 2.13. The van der Waals surface area contributed by atoms with Crippen molar-refractivity contribution in [2.75, 3.05) is 11.9 Å². The molecule has 0 spiro atoms. The molecule has 128 valence electrons. The number of amides is 1. The molecular formula is C16H12ClFN4O3. The van der Waals surface area contributed by atoms with Crippen LogP contribution in [-0.4, -0.2) is 33.5 Å². The molecule has 0 aliphatic rings. The van der Waals surface area contributed by atoms with Gasteiger partial charge in [0.05, 0.1) is 11.2 Å². The van der Waals surface area contributed by atoms with Crippen molar-refractivity contribution in [1.82, 2.24) is 15.0 Å². The summed E-state index contributed by atoms with van der Waals surface area (Å²) in [5, 5.41) is 10.3. The van der Waals surface area contributed by atoms with Crippen molar-refractivity contribution in [2.45, 2.75) is 6.54 Å². The van der Waals surface area contributed by atoms with Crippen LogP contribution in [0.3, 0.4) is 0 Å². The molecule has 1 aromatic heterocycles. The lowest BCUT2D eigenvalue weighted by Gasteiger charge is -2.08. The van der Waals surface area contributed by atoms with E-state index in [-0.39, 0.29) is 17.3 Å². The Hall–Kier alpha value is -3.00. The Bertz CT molecular complexity index is 944. The summed E-state index contributed by atoms with van der Waals surface area (Å²) in [5.74, 6) is -2.01. The molecule has 1 amide bonds. The molecule has 0 saturated heterocycles. The van der Waals surface area contributed by atoms with Crippen LogP contribution >= 0.6 is 11.6 Å². The van der Waals surface area contributed by atoms with Gasteiger partial charge in [0.1, 0.15) is 17.9 Å². The van der Waals surface area contributed by atoms with Gasteiger partial charge in [-0.15, -0.1) is 5.10 Å². The Labute approximate surface area is 146 Å². The van der Waals surface area contributed by atoms with Crippen molar-refractivity contribution in [3.63, 3.8) is 0 Å². The first-order valence-electron chi connectivity index (χ1n) is 7.21. The molecule has 0 unspecified atom stereocenters. The summed E-state index contributed by atoms with van der Waals surface area (Å²) < 4.78 is 19.8. The van der Waals surface area contributed by atoms with Gasteiger partial charge >= 0.3 is 5.97 Å². The number of carbonyl (C=O) groups excluding carboxylic acids is 2. The second-order valence-corrected chi connectivity index (χ2v) is 5.51. The average Bonchev–Trinajstić information content (AvgIpc) is 2.99. The highest BCUT2D eigenvalue weighted by atomic mass is 35.5. The second kappa shape index (κ2) is 7.27. The lowest BCUT2D eigenvalue weighted by Crippen LogP contribution is -2.23. The van der Waals surface area contributed by atoms with Crippen molar-refractivity contribution in [3.05, 3.63) is 53.3 Å². The molecule has 0 aliphatic carbocycles. The smallest absolute Gasteiger partial charge is 0.328 e. The SMILES string of the molecule is O=C(COC(=O)Cn1nnc2ccccc21)Nc1ccc(Cl)cc1F. The summed E-state index contributed by atoms with van der Waals surface area (Å²) in [5.41, 5.74) is 1.27. The van der Waals surface area contributed by atoms with Gasteiger partial charge in [-0.05, 0) is 30.3 Å². The molecule has 0 fully saturated rings. The van der Waals surface area contributed by atoms with Gasteiger partial charge in [0.2, 0.25) is 0 Å². The monoisotopic (exact) mass is 362 g/mol.